The van der Waals surface area contributed by atoms with Crippen molar-refractivity contribution in [3.8, 4) is 11.3 Å². The molecule has 3 rings (SSSR count). The number of alkyl halides is 3. The van der Waals surface area contributed by atoms with Gasteiger partial charge in [0.15, 0.2) is 11.6 Å². The van der Waals surface area contributed by atoms with Crippen molar-refractivity contribution in [3.63, 3.8) is 0 Å². The van der Waals surface area contributed by atoms with E-state index >= 15 is 0 Å². The van der Waals surface area contributed by atoms with Crippen molar-refractivity contribution in [2.75, 3.05) is 0 Å². The lowest BCUT2D eigenvalue weighted by molar-refractivity contribution is -0.143. The van der Waals surface area contributed by atoms with E-state index in [1.807, 2.05) is 19.1 Å². The van der Waals surface area contributed by atoms with E-state index in [0.717, 1.165) is 10.2 Å². The Bertz CT molecular complexity index is 865. The van der Waals surface area contributed by atoms with Crippen LogP contribution >= 0.6 is 23.4 Å². The first-order chi connectivity index (χ1) is 12.3. The number of nitrogens with zero attached hydrogens (tertiary/aromatic N) is 5. The average Bonchev–Trinajstić information content (AvgIpc) is 3.21. The minimum Gasteiger partial charge on any atom is -0.440 e. The van der Waals surface area contributed by atoms with Gasteiger partial charge in [0, 0.05) is 10.6 Å². The Hall–Kier alpha value is -2.07. The highest BCUT2D eigenvalue weighted by Gasteiger charge is 2.30. The van der Waals surface area contributed by atoms with E-state index in [2.05, 4.69) is 20.5 Å². The first-order valence-corrected chi connectivity index (χ1v) is 8.89. The van der Waals surface area contributed by atoms with Gasteiger partial charge in [-0.25, -0.2) is 9.67 Å². The molecule has 0 fully saturated rings. The average molecular weight is 404 g/mol. The predicted octanol–water partition coefficient (Wildman–Crippen LogP) is 4.54. The zero-order valence-electron chi connectivity index (χ0n) is 13.4. The SMILES string of the molecule is CC(SCc1nnnn1CC(F)(F)F)c1ncc(-c2ccc(Cl)cc2)o1. The van der Waals surface area contributed by atoms with Gasteiger partial charge in [-0.05, 0) is 41.6 Å². The third-order valence-electron chi connectivity index (χ3n) is 3.40. The molecule has 0 N–H and O–H groups in total. The smallest absolute Gasteiger partial charge is 0.408 e. The highest BCUT2D eigenvalue weighted by Crippen LogP contribution is 2.32. The summed E-state index contributed by atoms with van der Waals surface area (Å²) in [6.07, 6.45) is -2.78. The minimum atomic E-state index is -4.38. The summed E-state index contributed by atoms with van der Waals surface area (Å²) in [6, 6.07) is 7.13. The van der Waals surface area contributed by atoms with Crippen molar-refractivity contribution >= 4 is 23.4 Å². The molecule has 1 aromatic carbocycles. The van der Waals surface area contributed by atoms with Crippen LogP contribution in [0.5, 0.6) is 0 Å². The molecule has 2 aromatic heterocycles. The second-order valence-corrected chi connectivity index (χ2v) is 7.16. The lowest BCUT2D eigenvalue weighted by Gasteiger charge is -2.09. The second-order valence-electron chi connectivity index (χ2n) is 5.39. The molecule has 138 valence electrons. The fourth-order valence-corrected chi connectivity index (χ4v) is 3.10. The van der Waals surface area contributed by atoms with Crippen LogP contribution in [0, 0.1) is 0 Å². The summed E-state index contributed by atoms with van der Waals surface area (Å²) < 4.78 is 44.0. The monoisotopic (exact) mass is 403 g/mol. The van der Waals surface area contributed by atoms with Crippen LogP contribution in [0.3, 0.4) is 0 Å². The quantitative estimate of drug-likeness (QED) is 0.602. The zero-order valence-corrected chi connectivity index (χ0v) is 15.0. The molecule has 0 aliphatic rings. The van der Waals surface area contributed by atoms with Gasteiger partial charge in [0.1, 0.15) is 6.54 Å². The number of rotatable bonds is 6. The van der Waals surface area contributed by atoms with E-state index in [1.54, 1.807) is 18.3 Å². The van der Waals surface area contributed by atoms with Crippen molar-refractivity contribution < 1.29 is 17.6 Å². The highest BCUT2D eigenvalue weighted by atomic mass is 35.5. The van der Waals surface area contributed by atoms with Crippen molar-refractivity contribution in [1.82, 2.24) is 25.2 Å². The lowest BCUT2D eigenvalue weighted by Crippen LogP contribution is -2.20. The Morgan fingerprint density at radius 1 is 1.27 bits per heavy atom. The summed E-state index contributed by atoms with van der Waals surface area (Å²) in [4.78, 5) is 4.24. The Morgan fingerprint density at radius 2 is 2.00 bits per heavy atom. The van der Waals surface area contributed by atoms with Gasteiger partial charge in [0.05, 0.1) is 17.2 Å². The number of halogens is 4. The zero-order chi connectivity index (χ0) is 18.7. The summed E-state index contributed by atoms with van der Waals surface area (Å²) in [5.74, 6) is 1.40. The van der Waals surface area contributed by atoms with Crippen molar-refractivity contribution in [3.05, 3.63) is 47.2 Å². The van der Waals surface area contributed by atoms with Crippen LogP contribution in [0.1, 0.15) is 23.9 Å². The van der Waals surface area contributed by atoms with Crippen LogP contribution in [0.15, 0.2) is 34.9 Å². The summed E-state index contributed by atoms with van der Waals surface area (Å²) >= 11 is 7.19. The van der Waals surface area contributed by atoms with Crippen LogP contribution in [0.2, 0.25) is 5.02 Å². The molecular weight excluding hydrogens is 391 g/mol. The van der Waals surface area contributed by atoms with Crippen molar-refractivity contribution in [2.45, 2.75) is 30.6 Å². The Morgan fingerprint density at radius 3 is 2.69 bits per heavy atom. The molecule has 26 heavy (non-hydrogen) atoms. The molecule has 0 bridgehead atoms. The van der Waals surface area contributed by atoms with E-state index in [1.165, 1.54) is 11.8 Å². The number of tetrazole rings is 1. The van der Waals surface area contributed by atoms with E-state index in [-0.39, 0.29) is 16.8 Å². The Balaban J connectivity index is 1.64. The molecule has 0 aliphatic carbocycles. The van der Waals surface area contributed by atoms with Crippen LogP contribution in [-0.2, 0) is 12.3 Å². The molecule has 1 atom stereocenters. The molecule has 3 aromatic rings. The van der Waals surface area contributed by atoms with Crippen LogP contribution in [0.25, 0.3) is 11.3 Å². The molecule has 0 spiro atoms. The molecule has 6 nitrogen and oxygen atoms in total. The number of hydrogen-bond acceptors (Lipinski definition) is 6. The molecule has 0 saturated carbocycles. The summed E-state index contributed by atoms with van der Waals surface area (Å²) in [5, 5.41) is 10.8. The van der Waals surface area contributed by atoms with Crippen LogP contribution in [-0.4, -0.2) is 31.4 Å². The fraction of sp³-hybridized carbons (Fsp3) is 0.333. The Kier molecular flexibility index (Phi) is 5.52. The van der Waals surface area contributed by atoms with Gasteiger partial charge < -0.3 is 4.42 Å². The fourth-order valence-electron chi connectivity index (χ4n) is 2.11. The van der Waals surface area contributed by atoms with Gasteiger partial charge in [-0.1, -0.05) is 11.6 Å². The lowest BCUT2D eigenvalue weighted by atomic mass is 10.2. The van der Waals surface area contributed by atoms with Gasteiger partial charge in [0.2, 0.25) is 5.89 Å². The van der Waals surface area contributed by atoms with Crippen LogP contribution in [0.4, 0.5) is 13.2 Å². The topological polar surface area (TPSA) is 69.6 Å². The third-order valence-corrected chi connectivity index (χ3v) is 4.78. The molecule has 1 unspecified atom stereocenters. The maximum Gasteiger partial charge on any atom is 0.408 e. The number of aromatic nitrogens is 5. The van der Waals surface area contributed by atoms with Crippen molar-refractivity contribution in [2.24, 2.45) is 0 Å². The molecular formula is C15H13ClF3N5OS. The van der Waals surface area contributed by atoms with Crippen molar-refractivity contribution in [1.29, 1.82) is 0 Å². The highest BCUT2D eigenvalue weighted by molar-refractivity contribution is 7.98. The first kappa shape index (κ1) is 18.7. The third kappa shape index (κ3) is 4.76. The van der Waals surface area contributed by atoms with Gasteiger partial charge in [0.25, 0.3) is 0 Å². The molecule has 0 radical (unpaired) electrons. The summed E-state index contributed by atoms with van der Waals surface area (Å²) in [6.45, 7) is 0.629. The number of benzene rings is 1. The minimum absolute atomic E-state index is 0.142. The van der Waals surface area contributed by atoms with Gasteiger partial charge >= 0.3 is 6.18 Å². The van der Waals surface area contributed by atoms with Gasteiger partial charge in [-0.15, -0.1) is 16.9 Å². The largest absolute Gasteiger partial charge is 0.440 e. The van der Waals surface area contributed by atoms with Gasteiger partial charge in [-0.3, -0.25) is 0 Å². The first-order valence-electron chi connectivity index (χ1n) is 7.47. The number of thioether (sulfide) groups is 1. The second kappa shape index (κ2) is 7.67. The molecule has 0 aliphatic heterocycles. The van der Waals surface area contributed by atoms with E-state index < -0.39 is 12.7 Å². The number of hydrogen-bond donors (Lipinski definition) is 0. The molecule has 0 saturated heterocycles. The van der Waals surface area contributed by atoms with Crippen LogP contribution < -0.4 is 0 Å². The van der Waals surface area contributed by atoms with E-state index in [0.29, 0.717) is 16.7 Å². The summed E-state index contributed by atoms with van der Waals surface area (Å²) in [5.41, 5.74) is 0.833. The summed E-state index contributed by atoms with van der Waals surface area (Å²) in [7, 11) is 0. The maximum atomic E-state index is 12.5. The van der Waals surface area contributed by atoms with E-state index in [9.17, 15) is 13.2 Å². The number of oxazole rings is 1. The standard InChI is InChI=1S/C15H13ClF3N5OS/c1-9(26-7-13-21-22-23-24(13)8-15(17,18)19)14-20-6-12(25-14)10-2-4-11(16)5-3-10/h2-6,9H,7-8H2,1H3. The van der Waals surface area contributed by atoms with Gasteiger partial charge in [-0.2, -0.15) is 13.2 Å². The maximum absolute atomic E-state index is 12.5. The van der Waals surface area contributed by atoms with E-state index in [4.69, 9.17) is 16.0 Å². The Labute approximate surface area is 155 Å². The predicted molar refractivity (Wildman–Crippen MR) is 90.5 cm³/mol. The molecule has 0 amide bonds. The molecule has 2 heterocycles. The normalized spacial score (nSPS) is 13.1. The molecule has 11 heteroatoms.